The van der Waals surface area contributed by atoms with Gasteiger partial charge in [-0.1, -0.05) is 33.6 Å². The van der Waals surface area contributed by atoms with E-state index in [1.807, 2.05) is 30.3 Å². The minimum Gasteiger partial charge on any atom is -0.238 e. The molecule has 1 aromatic carbocycles. The topological polar surface area (TPSA) is 60.5 Å². The summed E-state index contributed by atoms with van der Waals surface area (Å²) in [5, 5.41) is 19.7. The number of fused-ring (bicyclic) bond motifs is 1. The van der Waals surface area contributed by atoms with Crippen LogP contribution in [0.4, 0.5) is 0 Å². The van der Waals surface area contributed by atoms with Gasteiger partial charge in [0, 0.05) is 9.86 Å². The van der Waals surface area contributed by atoms with Crippen molar-refractivity contribution in [1.29, 1.82) is 10.5 Å². The summed E-state index contributed by atoms with van der Waals surface area (Å²) in [5.74, 6) is -0.905. The van der Waals surface area contributed by atoms with Crippen molar-refractivity contribution in [2.45, 2.75) is 5.92 Å². The molecule has 0 radical (unpaired) electrons. The molecule has 0 saturated carbocycles. The Hall–Kier alpha value is -1.62. The van der Waals surface area contributed by atoms with Crippen molar-refractivity contribution in [3.63, 3.8) is 0 Å². The van der Waals surface area contributed by atoms with Crippen LogP contribution in [0.2, 0.25) is 5.15 Å². The number of rotatable bonds is 1. The molecule has 0 bridgehead atoms. The SMILES string of the molecule is N#CC(C#N)c1nc(Cl)cc2cc(Br)ccc12. The number of halogens is 2. The van der Waals surface area contributed by atoms with E-state index in [0.717, 1.165) is 15.2 Å². The van der Waals surface area contributed by atoms with Crippen LogP contribution in [0.3, 0.4) is 0 Å². The number of aromatic nitrogens is 1. The Morgan fingerprint density at radius 3 is 2.59 bits per heavy atom. The van der Waals surface area contributed by atoms with Gasteiger partial charge in [0.05, 0.1) is 17.8 Å². The van der Waals surface area contributed by atoms with Gasteiger partial charge in [0.25, 0.3) is 0 Å². The van der Waals surface area contributed by atoms with E-state index in [9.17, 15) is 0 Å². The third-order valence-electron chi connectivity index (χ3n) is 2.32. The molecule has 0 amide bonds. The van der Waals surface area contributed by atoms with Gasteiger partial charge in [-0.15, -0.1) is 0 Å². The highest BCUT2D eigenvalue weighted by Crippen LogP contribution is 2.28. The third kappa shape index (κ3) is 2.24. The Kier molecular flexibility index (Phi) is 3.28. The fourth-order valence-electron chi connectivity index (χ4n) is 1.59. The maximum absolute atomic E-state index is 8.92. The highest BCUT2D eigenvalue weighted by atomic mass is 79.9. The summed E-state index contributed by atoms with van der Waals surface area (Å²) in [6.07, 6.45) is 0. The summed E-state index contributed by atoms with van der Waals surface area (Å²) in [4.78, 5) is 4.08. The molecule has 2 rings (SSSR count). The molecule has 1 aromatic heterocycles. The highest BCUT2D eigenvalue weighted by molar-refractivity contribution is 9.10. The van der Waals surface area contributed by atoms with Gasteiger partial charge >= 0.3 is 0 Å². The Morgan fingerprint density at radius 2 is 1.94 bits per heavy atom. The molecule has 0 saturated heterocycles. The molecule has 82 valence electrons. The molecule has 5 heteroatoms. The van der Waals surface area contributed by atoms with Gasteiger partial charge in [-0.25, -0.2) is 4.98 Å². The molecular formula is C12H5BrClN3. The van der Waals surface area contributed by atoms with Gasteiger partial charge in [0.2, 0.25) is 0 Å². The smallest absolute Gasteiger partial charge is 0.175 e. The normalized spacial score (nSPS) is 10.2. The molecule has 17 heavy (non-hydrogen) atoms. The zero-order valence-corrected chi connectivity index (χ0v) is 10.8. The van der Waals surface area contributed by atoms with Crippen molar-refractivity contribution < 1.29 is 0 Å². The summed E-state index contributed by atoms with van der Waals surface area (Å²) in [5.41, 5.74) is 0.407. The predicted octanol–water partition coefficient (Wildman–Crippen LogP) is 3.78. The Labute approximate surface area is 111 Å². The van der Waals surface area contributed by atoms with Gasteiger partial charge in [-0.05, 0) is 23.6 Å². The minimum atomic E-state index is -0.905. The highest BCUT2D eigenvalue weighted by Gasteiger charge is 2.15. The predicted molar refractivity (Wildman–Crippen MR) is 68.4 cm³/mol. The molecule has 0 atom stereocenters. The van der Waals surface area contributed by atoms with Gasteiger partial charge < -0.3 is 0 Å². The van der Waals surface area contributed by atoms with E-state index in [1.165, 1.54) is 0 Å². The van der Waals surface area contributed by atoms with E-state index in [1.54, 1.807) is 6.07 Å². The fourth-order valence-corrected chi connectivity index (χ4v) is 2.18. The maximum atomic E-state index is 8.92. The molecule has 0 spiro atoms. The lowest BCUT2D eigenvalue weighted by atomic mass is 10.0. The van der Waals surface area contributed by atoms with E-state index in [2.05, 4.69) is 20.9 Å². The first-order valence-corrected chi connectivity index (χ1v) is 5.87. The molecule has 3 nitrogen and oxygen atoms in total. The molecule has 0 fully saturated rings. The second-order valence-electron chi connectivity index (χ2n) is 3.39. The maximum Gasteiger partial charge on any atom is 0.175 e. The first kappa shape index (κ1) is 11.9. The average Bonchev–Trinajstić information content (AvgIpc) is 2.29. The van der Waals surface area contributed by atoms with E-state index in [0.29, 0.717) is 5.69 Å². The van der Waals surface area contributed by atoms with Crippen LogP contribution in [-0.4, -0.2) is 4.98 Å². The number of nitriles is 2. The number of nitrogens with zero attached hydrogens (tertiary/aromatic N) is 3. The Balaban J connectivity index is 2.80. The van der Waals surface area contributed by atoms with Crippen LogP contribution in [0.5, 0.6) is 0 Å². The standard InChI is InChI=1S/C12H5BrClN3/c13-9-1-2-10-7(3-9)4-11(14)17-12(10)8(5-15)6-16/h1-4,8H. The second kappa shape index (κ2) is 4.71. The Morgan fingerprint density at radius 1 is 1.24 bits per heavy atom. The first-order valence-electron chi connectivity index (χ1n) is 4.70. The van der Waals surface area contributed by atoms with Gasteiger partial charge in [0.1, 0.15) is 5.15 Å². The quantitative estimate of drug-likeness (QED) is 0.753. The third-order valence-corrected chi connectivity index (χ3v) is 3.01. The molecule has 2 aromatic rings. The number of hydrogen-bond donors (Lipinski definition) is 0. The van der Waals surface area contributed by atoms with Gasteiger partial charge in [-0.2, -0.15) is 10.5 Å². The molecule has 0 unspecified atom stereocenters. The van der Waals surface area contributed by atoms with Crippen LogP contribution < -0.4 is 0 Å². The molecule has 0 aliphatic heterocycles. The van der Waals surface area contributed by atoms with E-state index in [-0.39, 0.29) is 5.15 Å². The zero-order chi connectivity index (χ0) is 12.4. The Bertz CT molecular complexity index is 650. The lowest BCUT2D eigenvalue weighted by molar-refractivity contribution is 1.03. The number of pyridine rings is 1. The molecule has 0 aliphatic carbocycles. The van der Waals surface area contributed by atoms with Crippen molar-refractivity contribution in [3.05, 3.63) is 39.6 Å². The van der Waals surface area contributed by atoms with Crippen LogP contribution in [0.1, 0.15) is 11.6 Å². The van der Waals surface area contributed by atoms with Crippen LogP contribution in [0.15, 0.2) is 28.7 Å². The second-order valence-corrected chi connectivity index (χ2v) is 4.69. The van der Waals surface area contributed by atoms with Crippen LogP contribution in [0.25, 0.3) is 10.8 Å². The van der Waals surface area contributed by atoms with Crippen molar-refractivity contribution in [2.75, 3.05) is 0 Å². The van der Waals surface area contributed by atoms with Crippen molar-refractivity contribution >= 4 is 38.3 Å². The minimum absolute atomic E-state index is 0.279. The van der Waals surface area contributed by atoms with E-state index in [4.69, 9.17) is 22.1 Å². The fraction of sp³-hybridized carbons (Fsp3) is 0.0833. The van der Waals surface area contributed by atoms with Crippen LogP contribution in [0, 0.1) is 22.7 Å². The van der Waals surface area contributed by atoms with Crippen LogP contribution in [-0.2, 0) is 0 Å². The summed E-state index contributed by atoms with van der Waals surface area (Å²) >= 11 is 9.25. The largest absolute Gasteiger partial charge is 0.238 e. The number of benzene rings is 1. The lowest BCUT2D eigenvalue weighted by Gasteiger charge is -2.07. The molecule has 0 aliphatic rings. The van der Waals surface area contributed by atoms with Gasteiger partial charge in [-0.3, -0.25) is 0 Å². The number of hydrogen-bond acceptors (Lipinski definition) is 3. The van der Waals surface area contributed by atoms with E-state index < -0.39 is 5.92 Å². The van der Waals surface area contributed by atoms with Crippen molar-refractivity contribution in [1.82, 2.24) is 4.98 Å². The zero-order valence-electron chi connectivity index (χ0n) is 8.48. The lowest BCUT2D eigenvalue weighted by Crippen LogP contribution is -1.98. The first-order chi connectivity index (χ1) is 8.15. The molecule has 0 N–H and O–H groups in total. The molecular weight excluding hydrogens is 302 g/mol. The van der Waals surface area contributed by atoms with Crippen LogP contribution >= 0.6 is 27.5 Å². The summed E-state index contributed by atoms with van der Waals surface area (Å²) < 4.78 is 0.906. The summed E-state index contributed by atoms with van der Waals surface area (Å²) in [7, 11) is 0. The summed E-state index contributed by atoms with van der Waals surface area (Å²) in [6, 6.07) is 11.1. The van der Waals surface area contributed by atoms with Crippen molar-refractivity contribution in [2.24, 2.45) is 0 Å². The average molecular weight is 307 g/mol. The monoisotopic (exact) mass is 305 g/mol. The summed E-state index contributed by atoms with van der Waals surface area (Å²) in [6.45, 7) is 0. The van der Waals surface area contributed by atoms with Gasteiger partial charge in [0.15, 0.2) is 5.92 Å². The van der Waals surface area contributed by atoms with E-state index >= 15 is 0 Å². The molecule has 1 heterocycles. The van der Waals surface area contributed by atoms with Crippen molar-refractivity contribution in [3.8, 4) is 12.1 Å².